The lowest BCUT2D eigenvalue weighted by Gasteiger charge is -2.21. The Kier molecular flexibility index (Phi) is 69.7. The quantitative estimate of drug-likeness (QED) is 0.0169. The van der Waals surface area contributed by atoms with Gasteiger partial charge in [-0.15, -0.1) is 0 Å². The number of esters is 4. The van der Waals surface area contributed by atoms with Crippen LogP contribution in [-0.4, -0.2) is 96.7 Å². The van der Waals surface area contributed by atoms with Gasteiger partial charge >= 0.3 is 39.5 Å². The molecule has 102 heavy (non-hydrogen) atoms. The van der Waals surface area contributed by atoms with E-state index in [0.717, 1.165) is 161 Å². The molecule has 3 N–H and O–H groups in total. The number of rotatable bonds is 70. The minimum absolute atomic E-state index is 0.0266. The molecule has 19 heteroatoms. The van der Waals surface area contributed by atoms with Crippen LogP contribution in [0.3, 0.4) is 0 Å². The number of phosphoric acid groups is 2. The lowest BCUT2D eigenvalue weighted by atomic mass is 10.1. The minimum Gasteiger partial charge on any atom is -0.462 e. The van der Waals surface area contributed by atoms with Gasteiger partial charge < -0.3 is 33.8 Å². The third kappa shape index (κ3) is 72.8. The van der Waals surface area contributed by atoms with E-state index in [2.05, 4.69) is 198 Å². The van der Waals surface area contributed by atoms with Crippen molar-refractivity contribution in [2.24, 2.45) is 0 Å². The van der Waals surface area contributed by atoms with Crippen molar-refractivity contribution >= 4 is 39.5 Å². The fraction of sp³-hybridized carbons (Fsp3) is 0.614. The molecular weight excluding hydrogens is 1330 g/mol. The lowest BCUT2D eigenvalue weighted by molar-refractivity contribution is -0.161. The van der Waals surface area contributed by atoms with E-state index in [1.54, 1.807) is 0 Å². The summed E-state index contributed by atoms with van der Waals surface area (Å²) in [6.07, 6.45) is 86.4. The van der Waals surface area contributed by atoms with Gasteiger partial charge in [0.05, 0.1) is 26.4 Å². The summed E-state index contributed by atoms with van der Waals surface area (Å²) in [6.45, 7) is 4.34. The van der Waals surface area contributed by atoms with Gasteiger partial charge in [0.2, 0.25) is 0 Å². The second-order valence-electron chi connectivity index (χ2n) is 24.8. The first-order chi connectivity index (χ1) is 49.7. The Labute approximate surface area is 616 Å². The van der Waals surface area contributed by atoms with E-state index in [9.17, 15) is 43.2 Å². The first-order valence-corrected chi connectivity index (χ1v) is 41.4. The van der Waals surface area contributed by atoms with Crippen LogP contribution >= 0.6 is 15.6 Å². The summed E-state index contributed by atoms with van der Waals surface area (Å²) in [5.41, 5.74) is 0. The fourth-order valence-corrected chi connectivity index (χ4v) is 11.0. The van der Waals surface area contributed by atoms with Crippen molar-refractivity contribution in [2.45, 2.75) is 290 Å². The Morgan fingerprint density at radius 1 is 0.284 bits per heavy atom. The van der Waals surface area contributed by atoms with E-state index in [-0.39, 0.29) is 25.7 Å². The number of aliphatic hydroxyl groups excluding tert-OH is 1. The smallest absolute Gasteiger partial charge is 0.462 e. The molecule has 0 aromatic heterocycles. The second-order valence-corrected chi connectivity index (χ2v) is 27.7. The monoisotopic (exact) mass is 1460 g/mol. The summed E-state index contributed by atoms with van der Waals surface area (Å²) >= 11 is 0. The number of ether oxygens (including phenoxy) is 4. The largest absolute Gasteiger partial charge is 0.472 e. The number of hydrogen-bond acceptors (Lipinski definition) is 15. The third-order valence-corrected chi connectivity index (χ3v) is 17.1. The molecular formula is C83H134O17P2. The van der Waals surface area contributed by atoms with E-state index in [1.165, 1.54) is 25.7 Å². The molecule has 0 saturated heterocycles. The number of hydrogen-bond donors (Lipinski definition) is 3. The molecule has 5 unspecified atom stereocenters. The van der Waals surface area contributed by atoms with Gasteiger partial charge in [-0.1, -0.05) is 243 Å². The standard InChI is InChI=1S/C83H134O17P2/c1-5-9-13-17-21-25-29-33-36-37-38-39-42-45-48-52-56-60-64-68-81(86)94-73-78(99-82(87)69-65-61-57-53-49-43-32-28-24-20-16-12-8-4)75-97-101(89,90)95-71-77(84)72-96-102(91,92)98-76-79(100-83(88)70-66-62-58-54-50-46-41-35-31-27-23-19-15-11-7-3)74-93-80(85)67-63-59-55-51-47-44-40-34-30-26-22-18-14-10-6-2/h9-11,13-15,21-23,25-28,32-36,38-41,45,47-48,50-51,54,77-79,84H,5-8,12,16-20,24,29-31,37,42-44,46,49,52-53,55-76H2,1-4H3,(H,89,90)(H,91,92)/b13-9-,14-10-,15-11-,25-21-,26-22-,27-23-,32-28-,36-33-,39-38-,40-34-,41-35-,48-45-,51-47-,54-50-. The van der Waals surface area contributed by atoms with Gasteiger partial charge in [-0.25, -0.2) is 9.13 Å². The van der Waals surface area contributed by atoms with Gasteiger partial charge in [0, 0.05) is 25.7 Å². The molecule has 0 fully saturated rings. The zero-order valence-corrected chi connectivity index (χ0v) is 64.8. The van der Waals surface area contributed by atoms with Crippen LogP contribution in [0, 0.1) is 0 Å². The van der Waals surface area contributed by atoms with Crippen molar-refractivity contribution in [3.63, 3.8) is 0 Å². The molecule has 0 aliphatic rings. The van der Waals surface area contributed by atoms with Gasteiger partial charge in [0.25, 0.3) is 0 Å². The van der Waals surface area contributed by atoms with Crippen LogP contribution in [0.4, 0.5) is 0 Å². The van der Waals surface area contributed by atoms with Crippen molar-refractivity contribution in [1.82, 2.24) is 0 Å². The van der Waals surface area contributed by atoms with Crippen LogP contribution in [-0.2, 0) is 65.4 Å². The highest BCUT2D eigenvalue weighted by atomic mass is 31.2. The molecule has 0 heterocycles. The fourth-order valence-electron chi connectivity index (χ4n) is 9.40. The zero-order valence-electron chi connectivity index (χ0n) is 63.0. The molecule has 0 amide bonds. The molecule has 0 aromatic rings. The molecule has 0 aliphatic heterocycles. The lowest BCUT2D eigenvalue weighted by Crippen LogP contribution is -2.30. The van der Waals surface area contributed by atoms with Crippen LogP contribution in [0.2, 0.25) is 0 Å². The van der Waals surface area contributed by atoms with Crippen molar-refractivity contribution in [2.75, 3.05) is 39.6 Å². The molecule has 0 spiro atoms. The normalized spacial score (nSPS) is 14.9. The van der Waals surface area contributed by atoms with Gasteiger partial charge in [0.1, 0.15) is 19.3 Å². The predicted octanol–water partition coefficient (Wildman–Crippen LogP) is 22.2. The van der Waals surface area contributed by atoms with Gasteiger partial charge in [-0.05, 0) is 173 Å². The first kappa shape index (κ1) is 96.4. The van der Waals surface area contributed by atoms with Gasteiger partial charge in [0.15, 0.2) is 12.2 Å². The molecule has 0 rings (SSSR count). The van der Waals surface area contributed by atoms with E-state index in [0.29, 0.717) is 32.1 Å². The first-order valence-electron chi connectivity index (χ1n) is 38.4. The summed E-state index contributed by atoms with van der Waals surface area (Å²) in [4.78, 5) is 72.9. The maximum atomic E-state index is 13.1. The Hall–Kier alpha value is -5.58. The SMILES string of the molecule is CC/C=C\C/C=C\C/C=C\C/C=C\C/C=C\CCCCCC(=O)OCC(COP(=O)(O)OCC(O)COP(=O)(O)OCC(COC(=O)CCCC/C=C\C/C=C\C/C=C\C/C=C\CC)OC(=O)CCCC/C=C\C/C=C\C/C=C\C/C=C\CC)OC(=O)CCCCCCC/C=C\CCCCCC. The molecule has 0 radical (unpaired) electrons. The van der Waals surface area contributed by atoms with Crippen molar-refractivity contribution < 1.29 is 80.2 Å². The maximum Gasteiger partial charge on any atom is 0.472 e. The Morgan fingerprint density at radius 3 is 0.824 bits per heavy atom. The molecule has 17 nitrogen and oxygen atoms in total. The van der Waals surface area contributed by atoms with Crippen LogP contribution in [0.5, 0.6) is 0 Å². The zero-order chi connectivity index (χ0) is 74.6. The van der Waals surface area contributed by atoms with Crippen molar-refractivity contribution in [3.8, 4) is 0 Å². The van der Waals surface area contributed by atoms with Gasteiger partial charge in [-0.2, -0.15) is 0 Å². The molecule has 0 bridgehead atoms. The van der Waals surface area contributed by atoms with E-state index < -0.39 is 97.5 Å². The molecule has 5 atom stereocenters. The summed E-state index contributed by atoms with van der Waals surface area (Å²) in [7, 11) is -10.0. The topological polar surface area (TPSA) is 237 Å². The van der Waals surface area contributed by atoms with E-state index >= 15 is 0 Å². The number of carbonyl (C=O) groups is 4. The summed E-state index contributed by atoms with van der Waals surface area (Å²) in [5.74, 6) is -2.33. The summed E-state index contributed by atoms with van der Waals surface area (Å²) in [5, 5.41) is 10.6. The Balaban J connectivity index is 5.46. The highest BCUT2D eigenvalue weighted by Gasteiger charge is 2.30. The number of allylic oxidation sites excluding steroid dienone is 28. The third-order valence-electron chi connectivity index (χ3n) is 15.2. The van der Waals surface area contributed by atoms with Gasteiger partial charge in [-0.3, -0.25) is 37.3 Å². The van der Waals surface area contributed by atoms with E-state index in [1.807, 2.05) is 0 Å². The van der Waals surface area contributed by atoms with Crippen LogP contribution < -0.4 is 0 Å². The van der Waals surface area contributed by atoms with Crippen LogP contribution in [0.1, 0.15) is 272 Å². The number of aliphatic hydroxyl groups is 1. The molecule has 0 aromatic carbocycles. The van der Waals surface area contributed by atoms with Crippen molar-refractivity contribution in [1.29, 1.82) is 0 Å². The predicted molar refractivity (Wildman–Crippen MR) is 417 cm³/mol. The molecule has 0 aliphatic carbocycles. The number of carbonyl (C=O) groups excluding carboxylic acids is 4. The maximum absolute atomic E-state index is 13.1. The Bertz CT molecular complexity index is 2600. The number of phosphoric ester groups is 2. The van der Waals surface area contributed by atoms with Crippen molar-refractivity contribution in [3.05, 3.63) is 170 Å². The summed E-state index contributed by atoms with van der Waals surface area (Å²) < 4.78 is 68.4. The molecule has 578 valence electrons. The van der Waals surface area contributed by atoms with Crippen LogP contribution in [0.25, 0.3) is 0 Å². The highest BCUT2D eigenvalue weighted by molar-refractivity contribution is 7.47. The molecule has 0 saturated carbocycles. The minimum atomic E-state index is -5.00. The highest BCUT2D eigenvalue weighted by Crippen LogP contribution is 2.45. The number of unbranched alkanes of at least 4 members (excludes halogenated alkanes) is 16. The second kappa shape index (κ2) is 73.7. The Morgan fingerprint density at radius 2 is 0.510 bits per heavy atom. The van der Waals surface area contributed by atoms with E-state index in [4.69, 9.17) is 37.0 Å². The average molecular weight is 1470 g/mol. The van der Waals surface area contributed by atoms with Crippen LogP contribution in [0.15, 0.2) is 170 Å². The summed E-state index contributed by atoms with van der Waals surface area (Å²) in [6, 6.07) is 0. The average Bonchev–Trinajstić information content (AvgIpc) is 0.908.